The van der Waals surface area contributed by atoms with Crippen LogP contribution in [0.5, 0.6) is 0 Å². The number of nitrogens with two attached hydrogens (primary N) is 1. The number of benzene rings is 1. The Morgan fingerprint density at radius 1 is 1.11 bits per heavy atom. The number of halogens is 6. The summed E-state index contributed by atoms with van der Waals surface area (Å²) in [5.41, 5.74) is 0.224. The number of primary amides is 1. The van der Waals surface area contributed by atoms with Crippen LogP contribution in [0, 0.1) is 0 Å². The predicted molar refractivity (Wildman–Crippen MR) is 54.3 cm³/mol. The number of carbonyl (C=O) groups excluding carboxylic acids is 1. The minimum atomic E-state index is -4.94. The fourth-order valence-corrected chi connectivity index (χ4v) is 1.67. The zero-order chi connectivity index (χ0) is 15.0. The first-order valence-corrected chi connectivity index (χ1v) is 5.09. The van der Waals surface area contributed by atoms with E-state index in [0.29, 0.717) is 6.07 Å². The molecule has 0 heterocycles. The van der Waals surface area contributed by atoms with Crippen molar-refractivity contribution in [2.75, 3.05) is 0 Å². The molecule has 1 amide bonds. The van der Waals surface area contributed by atoms with E-state index in [1.807, 2.05) is 0 Å². The molecule has 0 spiro atoms. The van der Waals surface area contributed by atoms with Crippen molar-refractivity contribution in [3.63, 3.8) is 0 Å². The number of amides is 1. The van der Waals surface area contributed by atoms with Crippen LogP contribution >= 0.6 is 0 Å². The number of hydrogen-bond acceptors (Lipinski definition) is 1. The average Bonchev–Trinajstić information content (AvgIpc) is 2.24. The highest BCUT2D eigenvalue weighted by molar-refractivity contribution is 5.95. The molecule has 0 aliphatic heterocycles. The van der Waals surface area contributed by atoms with E-state index in [2.05, 4.69) is 0 Å². The second-order valence-electron chi connectivity index (χ2n) is 3.77. The van der Waals surface area contributed by atoms with Crippen molar-refractivity contribution < 1.29 is 31.1 Å². The summed E-state index contributed by atoms with van der Waals surface area (Å²) in [7, 11) is 0. The minimum absolute atomic E-state index is 0.129. The van der Waals surface area contributed by atoms with Crippen molar-refractivity contribution in [2.45, 2.75) is 25.7 Å². The Kier molecular flexibility index (Phi) is 3.83. The van der Waals surface area contributed by atoms with Crippen LogP contribution in [0.2, 0.25) is 0 Å². The molecule has 8 heteroatoms. The number of carbonyl (C=O) groups is 1. The van der Waals surface area contributed by atoms with Gasteiger partial charge in [0.1, 0.15) is 0 Å². The quantitative estimate of drug-likeness (QED) is 0.832. The molecule has 1 aromatic carbocycles. The molecule has 0 bridgehead atoms. The zero-order valence-electron chi connectivity index (χ0n) is 9.62. The summed E-state index contributed by atoms with van der Waals surface area (Å²) in [6.07, 6.45) is -10.1. The summed E-state index contributed by atoms with van der Waals surface area (Å²) in [4.78, 5) is 11.0. The SMILES string of the molecule is CCc1cc(C(F)(F)F)cc(C(N)=O)c1C(F)(F)F. The molecule has 1 aromatic rings. The number of hydrogen-bond donors (Lipinski definition) is 1. The maximum atomic E-state index is 12.8. The van der Waals surface area contributed by atoms with Crippen molar-refractivity contribution in [3.05, 3.63) is 34.4 Å². The summed E-state index contributed by atoms with van der Waals surface area (Å²) in [5, 5.41) is 0. The lowest BCUT2D eigenvalue weighted by Gasteiger charge is -2.18. The maximum absolute atomic E-state index is 12.8. The molecule has 0 saturated carbocycles. The van der Waals surface area contributed by atoms with Gasteiger partial charge in [-0.15, -0.1) is 0 Å². The largest absolute Gasteiger partial charge is 0.417 e. The lowest BCUT2D eigenvalue weighted by atomic mass is 9.95. The van der Waals surface area contributed by atoms with E-state index in [4.69, 9.17) is 5.73 Å². The number of aryl methyl sites for hydroxylation is 1. The summed E-state index contributed by atoms with van der Waals surface area (Å²) in [6, 6.07) is 0.513. The maximum Gasteiger partial charge on any atom is 0.417 e. The van der Waals surface area contributed by atoms with Gasteiger partial charge in [0.2, 0.25) is 5.91 Å². The van der Waals surface area contributed by atoms with Crippen LogP contribution in [0.1, 0.15) is 34.0 Å². The van der Waals surface area contributed by atoms with E-state index >= 15 is 0 Å². The fourth-order valence-electron chi connectivity index (χ4n) is 1.67. The Labute approximate surface area is 104 Å². The summed E-state index contributed by atoms with van der Waals surface area (Å²) < 4.78 is 76.0. The van der Waals surface area contributed by atoms with Crippen LogP contribution < -0.4 is 5.73 Å². The van der Waals surface area contributed by atoms with Gasteiger partial charge in [-0.25, -0.2) is 0 Å². The van der Waals surface area contributed by atoms with Gasteiger partial charge in [-0.05, 0) is 24.1 Å². The molecule has 0 aromatic heterocycles. The van der Waals surface area contributed by atoms with Crippen molar-refractivity contribution in [1.82, 2.24) is 0 Å². The molecule has 0 aliphatic carbocycles. The van der Waals surface area contributed by atoms with E-state index < -0.39 is 40.5 Å². The second kappa shape index (κ2) is 4.75. The molecule has 0 saturated heterocycles. The third-order valence-electron chi connectivity index (χ3n) is 2.48. The highest BCUT2D eigenvalue weighted by Gasteiger charge is 2.40. The van der Waals surface area contributed by atoms with Crippen LogP contribution in [0.4, 0.5) is 26.3 Å². The van der Waals surface area contributed by atoms with Crippen molar-refractivity contribution in [1.29, 1.82) is 0 Å². The molecule has 106 valence electrons. The lowest BCUT2D eigenvalue weighted by Crippen LogP contribution is -2.22. The Bertz CT molecular complexity index is 503. The van der Waals surface area contributed by atoms with Crippen molar-refractivity contribution in [2.24, 2.45) is 5.73 Å². The molecule has 2 nitrogen and oxygen atoms in total. The van der Waals surface area contributed by atoms with Crippen LogP contribution in [-0.2, 0) is 18.8 Å². The van der Waals surface area contributed by atoms with Gasteiger partial charge in [0.25, 0.3) is 0 Å². The molecular formula is C11H9F6NO. The van der Waals surface area contributed by atoms with E-state index in [9.17, 15) is 31.1 Å². The second-order valence-corrected chi connectivity index (χ2v) is 3.77. The van der Waals surface area contributed by atoms with Gasteiger partial charge in [0.05, 0.1) is 16.7 Å². The summed E-state index contributed by atoms with van der Waals surface area (Å²) in [6.45, 7) is 1.26. The summed E-state index contributed by atoms with van der Waals surface area (Å²) in [5.74, 6) is -1.55. The molecule has 2 N–H and O–H groups in total. The molecule has 0 atom stereocenters. The fraction of sp³-hybridized carbons (Fsp3) is 0.364. The van der Waals surface area contributed by atoms with Crippen LogP contribution in [0.25, 0.3) is 0 Å². The van der Waals surface area contributed by atoms with Crippen LogP contribution in [0.15, 0.2) is 12.1 Å². The highest BCUT2D eigenvalue weighted by Crippen LogP contribution is 2.39. The van der Waals surface area contributed by atoms with Crippen LogP contribution in [-0.4, -0.2) is 5.91 Å². The Hall–Kier alpha value is -1.73. The highest BCUT2D eigenvalue weighted by atomic mass is 19.4. The monoisotopic (exact) mass is 285 g/mol. The first kappa shape index (κ1) is 15.3. The van der Waals surface area contributed by atoms with Crippen molar-refractivity contribution >= 4 is 5.91 Å². The molecule has 0 fully saturated rings. The number of rotatable bonds is 2. The average molecular weight is 285 g/mol. The predicted octanol–water partition coefficient (Wildman–Crippen LogP) is 3.39. The molecule has 0 unspecified atom stereocenters. The third kappa shape index (κ3) is 3.18. The third-order valence-corrected chi connectivity index (χ3v) is 2.48. The first-order valence-electron chi connectivity index (χ1n) is 5.09. The smallest absolute Gasteiger partial charge is 0.366 e. The Balaban J connectivity index is 3.69. The summed E-state index contributed by atoms with van der Waals surface area (Å²) >= 11 is 0. The van der Waals surface area contributed by atoms with Gasteiger partial charge in [0, 0.05) is 0 Å². The zero-order valence-corrected chi connectivity index (χ0v) is 9.62. The molecule has 0 radical (unpaired) electrons. The van der Waals surface area contributed by atoms with Crippen LogP contribution in [0.3, 0.4) is 0 Å². The normalized spacial score (nSPS) is 12.6. The van der Waals surface area contributed by atoms with Gasteiger partial charge in [-0.1, -0.05) is 6.92 Å². The van der Waals surface area contributed by atoms with E-state index in [1.54, 1.807) is 0 Å². The molecule has 1 rings (SSSR count). The minimum Gasteiger partial charge on any atom is -0.366 e. The van der Waals surface area contributed by atoms with Gasteiger partial charge in [-0.2, -0.15) is 26.3 Å². The Morgan fingerprint density at radius 2 is 1.63 bits per heavy atom. The lowest BCUT2D eigenvalue weighted by molar-refractivity contribution is -0.142. The van der Waals surface area contributed by atoms with Crippen molar-refractivity contribution in [3.8, 4) is 0 Å². The van der Waals surface area contributed by atoms with Gasteiger partial charge < -0.3 is 5.73 Å². The first-order chi connectivity index (χ1) is 8.48. The number of alkyl halides is 6. The molecular weight excluding hydrogens is 276 g/mol. The van der Waals surface area contributed by atoms with Gasteiger partial charge in [-0.3, -0.25) is 4.79 Å². The van der Waals surface area contributed by atoms with E-state index in [1.165, 1.54) is 6.92 Å². The van der Waals surface area contributed by atoms with E-state index in [-0.39, 0.29) is 12.5 Å². The van der Waals surface area contributed by atoms with Gasteiger partial charge >= 0.3 is 12.4 Å². The molecule has 0 aliphatic rings. The molecule has 19 heavy (non-hydrogen) atoms. The van der Waals surface area contributed by atoms with Gasteiger partial charge in [0.15, 0.2) is 0 Å². The standard InChI is InChI=1S/C11H9F6NO/c1-2-5-3-6(10(12,13)14)4-7(9(18)19)8(5)11(15,16)17/h3-4H,2H2,1H3,(H2,18,19). The topological polar surface area (TPSA) is 43.1 Å². The Morgan fingerprint density at radius 3 is 1.95 bits per heavy atom. The van der Waals surface area contributed by atoms with E-state index in [0.717, 1.165) is 0 Å².